The number of rotatable bonds is 8. The Morgan fingerprint density at radius 1 is 1.12 bits per heavy atom. The molecule has 2 fully saturated rings. The number of benzene rings is 1. The van der Waals surface area contributed by atoms with Gasteiger partial charge in [-0.05, 0) is 67.3 Å². The molecule has 0 aliphatic carbocycles. The number of hydrogen-bond acceptors (Lipinski definition) is 6. The zero-order valence-corrected chi connectivity index (χ0v) is 18.9. The highest BCUT2D eigenvalue weighted by molar-refractivity contribution is 5.90. The Bertz CT molecular complexity index is 840. The molecule has 2 aromatic rings. The van der Waals surface area contributed by atoms with Crippen LogP contribution in [-0.4, -0.2) is 73.2 Å². The van der Waals surface area contributed by atoms with Gasteiger partial charge in [0.15, 0.2) is 0 Å². The summed E-state index contributed by atoms with van der Waals surface area (Å²) in [6.07, 6.45) is 6.26. The molecule has 1 amide bonds. The van der Waals surface area contributed by atoms with Gasteiger partial charge in [0.2, 0.25) is 5.91 Å². The second-order valence-corrected chi connectivity index (χ2v) is 8.67. The molecule has 2 aliphatic heterocycles. The van der Waals surface area contributed by atoms with Crippen LogP contribution in [0, 0.1) is 5.92 Å². The normalized spacial score (nSPS) is 22.4. The van der Waals surface area contributed by atoms with Crippen LogP contribution in [0.25, 0.3) is 0 Å². The van der Waals surface area contributed by atoms with E-state index in [0.717, 1.165) is 70.2 Å². The predicted octanol–water partition coefficient (Wildman–Crippen LogP) is 3.03. The number of anilines is 1. The van der Waals surface area contributed by atoms with Crippen LogP contribution < -0.4 is 10.1 Å². The highest BCUT2D eigenvalue weighted by Gasteiger charge is 2.34. The van der Waals surface area contributed by atoms with Crippen LogP contribution in [0.15, 0.2) is 48.8 Å². The number of nitrogens with zero attached hydrogens (tertiary/aromatic N) is 3. The van der Waals surface area contributed by atoms with Gasteiger partial charge in [-0.25, -0.2) is 0 Å². The minimum atomic E-state index is 0.0714. The van der Waals surface area contributed by atoms with Gasteiger partial charge < -0.3 is 14.8 Å². The summed E-state index contributed by atoms with van der Waals surface area (Å²) in [5.74, 6) is 1.32. The number of piperidine rings is 1. The molecule has 0 unspecified atom stereocenters. The van der Waals surface area contributed by atoms with Crippen molar-refractivity contribution in [2.24, 2.45) is 5.92 Å². The fourth-order valence-corrected chi connectivity index (χ4v) is 4.87. The maximum atomic E-state index is 12.7. The summed E-state index contributed by atoms with van der Waals surface area (Å²) in [6, 6.07) is 12.2. The van der Waals surface area contributed by atoms with Gasteiger partial charge >= 0.3 is 0 Å². The van der Waals surface area contributed by atoms with E-state index in [1.807, 2.05) is 36.7 Å². The largest absolute Gasteiger partial charge is 0.497 e. The lowest BCUT2D eigenvalue weighted by Crippen LogP contribution is -2.53. The van der Waals surface area contributed by atoms with Gasteiger partial charge in [0.05, 0.1) is 20.3 Å². The molecule has 1 N–H and O–H groups in total. The highest BCUT2D eigenvalue weighted by Crippen LogP contribution is 2.28. The van der Waals surface area contributed by atoms with Gasteiger partial charge in [0.25, 0.3) is 0 Å². The molecule has 32 heavy (non-hydrogen) atoms. The monoisotopic (exact) mass is 438 g/mol. The van der Waals surface area contributed by atoms with Crippen LogP contribution in [0.2, 0.25) is 0 Å². The number of ether oxygens (including phenoxy) is 2. The number of nitrogens with one attached hydrogen (secondary N) is 1. The Morgan fingerprint density at radius 2 is 1.88 bits per heavy atom. The van der Waals surface area contributed by atoms with Crippen molar-refractivity contribution in [2.75, 3.05) is 51.8 Å². The van der Waals surface area contributed by atoms with Crippen LogP contribution in [0.1, 0.15) is 24.8 Å². The third-order valence-electron chi connectivity index (χ3n) is 6.56. The quantitative estimate of drug-likeness (QED) is 0.683. The third-order valence-corrected chi connectivity index (χ3v) is 6.56. The number of hydrogen-bond donors (Lipinski definition) is 1. The van der Waals surface area contributed by atoms with Crippen molar-refractivity contribution in [1.82, 2.24) is 14.8 Å². The number of carbonyl (C=O) groups excluding carboxylic acids is 1. The molecule has 1 aromatic heterocycles. The van der Waals surface area contributed by atoms with Crippen LogP contribution in [0.5, 0.6) is 5.75 Å². The molecule has 1 aromatic carbocycles. The van der Waals surface area contributed by atoms with E-state index in [4.69, 9.17) is 9.47 Å². The van der Waals surface area contributed by atoms with E-state index >= 15 is 0 Å². The Balaban J connectivity index is 1.35. The van der Waals surface area contributed by atoms with E-state index in [9.17, 15) is 4.79 Å². The molecule has 0 bridgehead atoms. The maximum Gasteiger partial charge on any atom is 0.224 e. The maximum absolute atomic E-state index is 12.7. The third kappa shape index (κ3) is 6.28. The second-order valence-electron chi connectivity index (χ2n) is 8.67. The molecule has 3 heterocycles. The van der Waals surface area contributed by atoms with E-state index in [1.165, 1.54) is 5.56 Å². The van der Waals surface area contributed by atoms with Crippen LogP contribution in [0.4, 0.5) is 5.69 Å². The highest BCUT2D eigenvalue weighted by atomic mass is 16.5. The van der Waals surface area contributed by atoms with Gasteiger partial charge in [-0.3, -0.25) is 19.6 Å². The second kappa shape index (κ2) is 11.4. The van der Waals surface area contributed by atoms with Crippen molar-refractivity contribution in [3.05, 3.63) is 54.4 Å². The Kier molecular flexibility index (Phi) is 8.09. The lowest BCUT2D eigenvalue weighted by molar-refractivity contribution is -0.116. The fourth-order valence-electron chi connectivity index (χ4n) is 4.87. The van der Waals surface area contributed by atoms with Crippen molar-refractivity contribution >= 4 is 11.6 Å². The predicted molar refractivity (Wildman–Crippen MR) is 125 cm³/mol. The average molecular weight is 439 g/mol. The minimum Gasteiger partial charge on any atom is -0.497 e. The number of likely N-dealkylation sites (tertiary alicyclic amines) is 1. The van der Waals surface area contributed by atoms with Gasteiger partial charge in [-0.2, -0.15) is 0 Å². The van der Waals surface area contributed by atoms with E-state index in [1.54, 1.807) is 7.11 Å². The minimum absolute atomic E-state index is 0.0714. The smallest absolute Gasteiger partial charge is 0.224 e. The Morgan fingerprint density at radius 3 is 2.59 bits per heavy atom. The van der Waals surface area contributed by atoms with Crippen molar-refractivity contribution in [3.63, 3.8) is 0 Å². The van der Waals surface area contributed by atoms with Crippen molar-refractivity contribution in [2.45, 2.75) is 31.8 Å². The van der Waals surface area contributed by atoms with Crippen LogP contribution >= 0.6 is 0 Å². The Labute approximate surface area is 190 Å². The van der Waals surface area contributed by atoms with Crippen molar-refractivity contribution in [3.8, 4) is 5.75 Å². The first-order valence-electron chi connectivity index (χ1n) is 11.6. The van der Waals surface area contributed by atoms with E-state index in [2.05, 4.69) is 32.2 Å². The van der Waals surface area contributed by atoms with Gasteiger partial charge in [-0.15, -0.1) is 0 Å². The van der Waals surface area contributed by atoms with Gasteiger partial charge in [0, 0.05) is 56.7 Å². The molecule has 7 heteroatoms. The first-order valence-corrected chi connectivity index (χ1v) is 11.6. The topological polar surface area (TPSA) is 66.9 Å². The number of morpholine rings is 1. The number of aromatic nitrogens is 1. The van der Waals surface area contributed by atoms with E-state index in [0.29, 0.717) is 18.4 Å². The summed E-state index contributed by atoms with van der Waals surface area (Å²) >= 11 is 0. The lowest BCUT2D eigenvalue weighted by atomic mass is 9.86. The summed E-state index contributed by atoms with van der Waals surface area (Å²) < 4.78 is 10.8. The van der Waals surface area contributed by atoms with Crippen molar-refractivity contribution in [1.29, 1.82) is 0 Å². The number of carbonyl (C=O) groups is 1. The molecule has 0 radical (unpaired) electrons. The Hall–Kier alpha value is -2.48. The molecule has 172 valence electrons. The lowest BCUT2D eigenvalue weighted by Gasteiger charge is -2.45. The molecule has 0 spiro atoms. The first-order chi connectivity index (χ1) is 15.7. The summed E-state index contributed by atoms with van der Waals surface area (Å²) in [4.78, 5) is 21.9. The molecular formula is C25H34N4O3. The molecule has 4 rings (SSSR count). The molecule has 2 saturated heterocycles. The first kappa shape index (κ1) is 22.7. The number of amides is 1. The zero-order chi connectivity index (χ0) is 22.2. The van der Waals surface area contributed by atoms with Crippen molar-refractivity contribution < 1.29 is 14.3 Å². The number of methoxy groups -OCH3 is 1. The molecule has 2 aliphatic rings. The summed E-state index contributed by atoms with van der Waals surface area (Å²) in [7, 11) is 1.64. The van der Waals surface area contributed by atoms with Gasteiger partial charge in [-0.1, -0.05) is 0 Å². The average Bonchev–Trinajstić information content (AvgIpc) is 2.84. The molecule has 0 saturated carbocycles. The summed E-state index contributed by atoms with van der Waals surface area (Å²) in [5.41, 5.74) is 2.10. The van der Waals surface area contributed by atoms with Crippen LogP contribution in [-0.2, 0) is 16.1 Å². The number of pyridine rings is 1. The standard InChI is InChI=1S/C25H34N4O3/c1-31-23-5-3-22(4-6-23)27-25(30)7-2-21-19-28(18-20-8-11-26-12-9-20)13-10-24(21)29-14-16-32-17-15-29/h3-6,8-9,11-12,21,24H,2,7,10,13-19H2,1H3,(H,27,30)/t21-,24+/m0/s1. The molecule has 2 atom stereocenters. The summed E-state index contributed by atoms with van der Waals surface area (Å²) in [6.45, 7) is 6.63. The summed E-state index contributed by atoms with van der Waals surface area (Å²) in [5, 5.41) is 3.03. The fraction of sp³-hybridized carbons (Fsp3) is 0.520. The molecule has 7 nitrogen and oxygen atoms in total. The SMILES string of the molecule is COc1ccc(NC(=O)CC[C@H]2CN(Cc3ccncc3)CC[C@H]2N2CCOCC2)cc1. The zero-order valence-electron chi connectivity index (χ0n) is 18.9. The van der Waals surface area contributed by atoms with E-state index in [-0.39, 0.29) is 5.91 Å². The van der Waals surface area contributed by atoms with Gasteiger partial charge in [0.1, 0.15) is 5.75 Å². The van der Waals surface area contributed by atoms with Crippen LogP contribution in [0.3, 0.4) is 0 Å². The van der Waals surface area contributed by atoms with E-state index < -0.39 is 0 Å². The molecular weight excluding hydrogens is 404 g/mol.